The van der Waals surface area contributed by atoms with Gasteiger partial charge in [-0.2, -0.15) is 0 Å². The van der Waals surface area contributed by atoms with Crippen molar-refractivity contribution in [3.05, 3.63) is 42.1 Å². The van der Waals surface area contributed by atoms with Gasteiger partial charge in [0.05, 0.1) is 30.2 Å². The minimum absolute atomic E-state index is 0.300. The van der Waals surface area contributed by atoms with E-state index in [0.29, 0.717) is 28.6 Å². The van der Waals surface area contributed by atoms with Gasteiger partial charge in [-0.25, -0.2) is 9.78 Å². The molecule has 19 heavy (non-hydrogen) atoms. The van der Waals surface area contributed by atoms with E-state index in [2.05, 4.69) is 9.72 Å². The predicted molar refractivity (Wildman–Crippen MR) is 70.9 cm³/mol. The van der Waals surface area contributed by atoms with Gasteiger partial charge in [-0.05, 0) is 18.2 Å². The molecule has 0 aliphatic carbocycles. The normalized spacial score (nSPS) is 9.95. The van der Waals surface area contributed by atoms with Crippen molar-refractivity contribution in [3.63, 3.8) is 0 Å². The molecule has 2 aromatic rings. The summed E-state index contributed by atoms with van der Waals surface area (Å²) in [5.41, 5.74) is 12.4. The molecule has 2 rings (SSSR count). The van der Waals surface area contributed by atoms with Gasteiger partial charge in [-0.1, -0.05) is 6.07 Å². The van der Waals surface area contributed by atoms with Crippen LogP contribution in [0.15, 0.2) is 36.5 Å². The van der Waals surface area contributed by atoms with Crippen LogP contribution < -0.4 is 16.2 Å². The third kappa shape index (κ3) is 2.92. The van der Waals surface area contributed by atoms with Crippen molar-refractivity contribution in [2.75, 3.05) is 18.6 Å². The maximum Gasteiger partial charge on any atom is 0.337 e. The molecule has 0 amide bonds. The molecule has 0 spiro atoms. The van der Waals surface area contributed by atoms with Crippen LogP contribution in [0, 0.1) is 0 Å². The van der Waals surface area contributed by atoms with Gasteiger partial charge in [-0.15, -0.1) is 0 Å². The highest BCUT2D eigenvalue weighted by molar-refractivity contribution is 5.89. The number of nitrogens with two attached hydrogens (primary N) is 2. The number of esters is 1. The average Bonchev–Trinajstić information content (AvgIpc) is 2.42. The molecule has 98 valence electrons. The first-order chi connectivity index (χ1) is 9.10. The van der Waals surface area contributed by atoms with Crippen LogP contribution in [-0.2, 0) is 4.74 Å². The first-order valence-electron chi connectivity index (χ1n) is 5.47. The SMILES string of the molecule is COC(=O)c1cccc(Oc2cc(N)c(N)cn2)c1. The molecule has 0 aliphatic heterocycles. The van der Waals surface area contributed by atoms with Crippen molar-refractivity contribution >= 4 is 17.3 Å². The first kappa shape index (κ1) is 12.7. The smallest absolute Gasteiger partial charge is 0.337 e. The van der Waals surface area contributed by atoms with Crippen LogP contribution in [0.1, 0.15) is 10.4 Å². The monoisotopic (exact) mass is 259 g/mol. The number of benzene rings is 1. The van der Waals surface area contributed by atoms with E-state index >= 15 is 0 Å². The highest BCUT2D eigenvalue weighted by Crippen LogP contribution is 2.24. The molecule has 0 fully saturated rings. The Hall–Kier alpha value is -2.76. The molecule has 0 saturated heterocycles. The molecule has 0 bridgehead atoms. The molecule has 1 heterocycles. The maximum absolute atomic E-state index is 11.4. The van der Waals surface area contributed by atoms with Gasteiger partial charge >= 0.3 is 5.97 Å². The predicted octanol–water partition coefficient (Wildman–Crippen LogP) is 1.82. The van der Waals surface area contributed by atoms with E-state index in [0.717, 1.165) is 0 Å². The summed E-state index contributed by atoms with van der Waals surface area (Å²) in [6.45, 7) is 0. The lowest BCUT2D eigenvalue weighted by Crippen LogP contribution is -2.01. The lowest BCUT2D eigenvalue weighted by molar-refractivity contribution is 0.0600. The zero-order valence-electron chi connectivity index (χ0n) is 10.3. The number of hydrogen-bond donors (Lipinski definition) is 2. The van der Waals surface area contributed by atoms with Crippen molar-refractivity contribution in [2.45, 2.75) is 0 Å². The Balaban J connectivity index is 2.23. The Bertz CT molecular complexity index is 614. The lowest BCUT2D eigenvalue weighted by Gasteiger charge is -2.07. The molecular weight excluding hydrogens is 246 g/mol. The first-order valence-corrected chi connectivity index (χ1v) is 5.47. The van der Waals surface area contributed by atoms with Gasteiger partial charge in [0.15, 0.2) is 0 Å². The van der Waals surface area contributed by atoms with E-state index in [1.807, 2.05) is 0 Å². The molecular formula is C13H13N3O3. The summed E-state index contributed by atoms with van der Waals surface area (Å²) in [7, 11) is 1.32. The van der Waals surface area contributed by atoms with Crippen LogP contribution in [0.3, 0.4) is 0 Å². The third-order valence-electron chi connectivity index (χ3n) is 2.42. The fourth-order valence-corrected chi connectivity index (χ4v) is 1.44. The zero-order valence-corrected chi connectivity index (χ0v) is 10.3. The Morgan fingerprint density at radius 3 is 2.68 bits per heavy atom. The summed E-state index contributed by atoms with van der Waals surface area (Å²) < 4.78 is 10.1. The van der Waals surface area contributed by atoms with E-state index in [1.165, 1.54) is 19.4 Å². The number of aromatic nitrogens is 1. The number of hydrogen-bond acceptors (Lipinski definition) is 6. The maximum atomic E-state index is 11.4. The van der Waals surface area contributed by atoms with Crippen molar-refractivity contribution in [1.82, 2.24) is 4.98 Å². The van der Waals surface area contributed by atoms with Crippen molar-refractivity contribution in [1.29, 1.82) is 0 Å². The number of nitrogens with zero attached hydrogens (tertiary/aromatic N) is 1. The number of carbonyl (C=O) groups excluding carboxylic acids is 1. The standard InChI is InChI=1S/C13H13N3O3/c1-18-13(17)8-3-2-4-9(5-8)19-12-6-10(14)11(15)7-16-12/h2-7H,15H2,1H3,(H2,14,16). The summed E-state index contributed by atoms with van der Waals surface area (Å²) in [5, 5.41) is 0. The molecule has 6 nitrogen and oxygen atoms in total. The number of anilines is 2. The molecule has 0 aliphatic rings. The molecule has 6 heteroatoms. The Morgan fingerprint density at radius 1 is 1.21 bits per heavy atom. The number of pyridine rings is 1. The molecule has 0 radical (unpaired) electrons. The molecule has 0 atom stereocenters. The highest BCUT2D eigenvalue weighted by atomic mass is 16.5. The minimum Gasteiger partial charge on any atom is -0.465 e. The van der Waals surface area contributed by atoms with Crippen LogP contribution >= 0.6 is 0 Å². The molecule has 1 aromatic carbocycles. The van der Waals surface area contributed by atoms with E-state index in [4.69, 9.17) is 16.2 Å². The number of methoxy groups -OCH3 is 1. The highest BCUT2D eigenvalue weighted by Gasteiger charge is 2.07. The number of carbonyl (C=O) groups is 1. The fraction of sp³-hybridized carbons (Fsp3) is 0.0769. The van der Waals surface area contributed by atoms with Crippen molar-refractivity contribution < 1.29 is 14.3 Å². The van der Waals surface area contributed by atoms with Gasteiger partial charge in [-0.3, -0.25) is 0 Å². The summed E-state index contributed by atoms with van der Waals surface area (Å²) >= 11 is 0. The van der Waals surface area contributed by atoms with E-state index < -0.39 is 5.97 Å². The minimum atomic E-state index is -0.435. The zero-order chi connectivity index (χ0) is 13.8. The second-order valence-electron chi connectivity index (χ2n) is 3.77. The van der Waals surface area contributed by atoms with Gasteiger partial charge < -0.3 is 20.9 Å². The Labute approximate surface area is 110 Å². The van der Waals surface area contributed by atoms with E-state index in [9.17, 15) is 4.79 Å². The Kier molecular flexibility index (Phi) is 3.51. The lowest BCUT2D eigenvalue weighted by atomic mass is 10.2. The van der Waals surface area contributed by atoms with Gasteiger partial charge in [0.1, 0.15) is 5.75 Å². The van der Waals surface area contributed by atoms with Crippen LogP contribution in [0.2, 0.25) is 0 Å². The van der Waals surface area contributed by atoms with Gasteiger partial charge in [0, 0.05) is 6.07 Å². The topological polar surface area (TPSA) is 100 Å². The number of nitrogen functional groups attached to an aromatic ring is 2. The van der Waals surface area contributed by atoms with Crippen LogP contribution in [0.25, 0.3) is 0 Å². The van der Waals surface area contributed by atoms with Crippen molar-refractivity contribution in [2.24, 2.45) is 0 Å². The molecule has 1 aromatic heterocycles. The second-order valence-corrected chi connectivity index (χ2v) is 3.77. The van der Waals surface area contributed by atoms with Gasteiger partial charge in [0.2, 0.25) is 5.88 Å². The summed E-state index contributed by atoms with van der Waals surface area (Å²) in [5.74, 6) is 0.323. The van der Waals surface area contributed by atoms with E-state index in [1.54, 1.807) is 24.3 Å². The van der Waals surface area contributed by atoms with Crippen LogP contribution in [0.4, 0.5) is 11.4 Å². The largest absolute Gasteiger partial charge is 0.465 e. The summed E-state index contributed by atoms with van der Waals surface area (Å²) in [4.78, 5) is 15.4. The van der Waals surface area contributed by atoms with Gasteiger partial charge in [0.25, 0.3) is 0 Å². The Morgan fingerprint density at radius 2 is 2.00 bits per heavy atom. The number of ether oxygens (including phenoxy) is 2. The third-order valence-corrected chi connectivity index (χ3v) is 2.42. The number of rotatable bonds is 3. The molecule has 4 N–H and O–H groups in total. The second kappa shape index (κ2) is 5.26. The quantitative estimate of drug-likeness (QED) is 0.815. The molecule has 0 saturated carbocycles. The van der Waals surface area contributed by atoms with Crippen LogP contribution in [0.5, 0.6) is 11.6 Å². The van der Waals surface area contributed by atoms with Crippen molar-refractivity contribution in [3.8, 4) is 11.6 Å². The van der Waals surface area contributed by atoms with E-state index in [-0.39, 0.29) is 0 Å². The fourth-order valence-electron chi connectivity index (χ4n) is 1.44. The average molecular weight is 259 g/mol. The summed E-state index contributed by atoms with van der Waals surface area (Å²) in [6, 6.07) is 8.08. The molecule has 0 unspecified atom stereocenters. The van der Waals surface area contributed by atoms with Crippen LogP contribution in [-0.4, -0.2) is 18.1 Å². The summed E-state index contributed by atoms with van der Waals surface area (Å²) in [6.07, 6.45) is 1.41.